The first-order valence-electron chi connectivity index (χ1n) is 6.02. The zero-order valence-corrected chi connectivity index (χ0v) is 12.0. The fraction of sp³-hybridized carbons (Fsp3) is 0.0667. The monoisotopic (exact) mass is 332 g/mol. The Labute approximate surface area is 122 Å². The second-order valence-electron chi connectivity index (χ2n) is 4.47. The van der Waals surface area contributed by atoms with Crippen molar-refractivity contribution in [2.75, 3.05) is 0 Å². The van der Waals surface area contributed by atoms with Crippen LogP contribution in [0.3, 0.4) is 0 Å². The van der Waals surface area contributed by atoms with Crippen LogP contribution in [0.5, 0.6) is 0 Å². The van der Waals surface area contributed by atoms with E-state index in [1.54, 1.807) is 0 Å². The van der Waals surface area contributed by atoms with Crippen LogP contribution in [0.1, 0.15) is 5.56 Å². The predicted molar refractivity (Wildman–Crippen MR) is 79.2 cm³/mol. The number of hydrogen-bond donors (Lipinski definition) is 0. The summed E-state index contributed by atoms with van der Waals surface area (Å²) in [4.78, 5) is 16.5. The van der Waals surface area contributed by atoms with Gasteiger partial charge in [-0.25, -0.2) is 9.37 Å². The van der Waals surface area contributed by atoms with Gasteiger partial charge in [-0.05, 0) is 29.8 Å². The van der Waals surface area contributed by atoms with Crippen LogP contribution in [0.15, 0.2) is 58.1 Å². The van der Waals surface area contributed by atoms with Gasteiger partial charge in [0.05, 0.1) is 23.8 Å². The van der Waals surface area contributed by atoms with Crippen LogP contribution in [-0.2, 0) is 6.54 Å². The van der Waals surface area contributed by atoms with E-state index in [1.807, 2.05) is 24.3 Å². The largest absolute Gasteiger partial charge is 0.294 e. The molecule has 3 rings (SSSR count). The van der Waals surface area contributed by atoms with Crippen molar-refractivity contribution in [3.63, 3.8) is 0 Å². The molecule has 0 spiro atoms. The van der Waals surface area contributed by atoms with Crippen LogP contribution in [0.4, 0.5) is 4.39 Å². The Hall–Kier alpha value is -2.01. The Kier molecular flexibility index (Phi) is 3.36. The average Bonchev–Trinajstić information content (AvgIpc) is 2.42. The Morgan fingerprint density at radius 2 is 2.05 bits per heavy atom. The van der Waals surface area contributed by atoms with Crippen molar-refractivity contribution in [3.05, 3.63) is 75.0 Å². The molecule has 20 heavy (non-hydrogen) atoms. The van der Waals surface area contributed by atoms with E-state index in [0.29, 0.717) is 17.4 Å². The number of nitrogens with zero attached hydrogens (tertiary/aromatic N) is 2. The molecular formula is C15H10BrFN2O. The molecule has 1 heterocycles. The molecule has 0 N–H and O–H groups in total. The topological polar surface area (TPSA) is 34.9 Å². The van der Waals surface area contributed by atoms with Crippen molar-refractivity contribution in [2.24, 2.45) is 0 Å². The summed E-state index contributed by atoms with van der Waals surface area (Å²) in [5.41, 5.74) is 1.19. The highest BCUT2D eigenvalue weighted by molar-refractivity contribution is 9.10. The van der Waals surface area contributed by atoms with Gasteiger partial charge in [0.25, 0.3) is 5.56 Å². The Morgan fingerprint density at radius 3 is 2.85 bits per heavy atom. The van der Waals surface area contributed by atoms with Gasteiger partial charge in [0.1, 0.15) is 5.82 Å². The first-order chi connectivity index (χ1) is 9.63. The number of aromatic nitrogens is 2. The van der Waals surface area contributed by atoms with Gasteiger partial charge in [0, 0.05) is 10.5 Å². The molecule has 0 aliphatic heterocycles. The standard InChI is InChI=1S/C15H10BrFN2O/c16-11-3-1-2-10(6-11)8-19-9-18-14-7-12(17)4-5-13(14)15(19)20/h1-7,9H,8H2. The first kappa shape index (κ1) is 13.0. The summed E-state index contributed by atoms with van der Waals surface area (Å²) >= 11 is 3.40. The van der Waals surface area contributed by atoms with Gasteiger partial charge in [0.2, 0.25) is 0 Å². The van der Waals surface area contributed by atoms with Gasteiger partial charge in [-0.1, -0.05) is 28.1 Å². The summed E-state index contributed by atoms with van der Waals surface area (Å²) < 4.78 is 15.6. The van der Waals surface area contributed by atoms with E-state index in [2.05, 4.69) is 20.9 Å². The zero-order chi connectivity index (χ0) is 14.1. The summed E-state index contributed by atoms with van der Waals surface area (Å²) in [6.07, 6.45) is 1.45. The maximum atomic E-state index is 13.1. The lowest BCUT2D eigenvalue weighted by molar-refractivity contribution is 0.629. The molecule has 0 bridgehead atoms. The summed E-state index contributed by atoms with van der Waals surface area (Å²) in [5.74, 6) is -0.394. The minimum Gasteiger partial charge on any atom is -0.294 e. The molecule has 0 saturated heterocycles. The second-order valence-corrected chi connectivity index (χ2v) is 5.38. The number of hydrogen-bond acceptors (Lipinski definition) is 2. The van der Waals surface area contributed by atoms with Gasteiger partial charge >= 0.3 is 0 Å². The van der Waals surface area contributed by atoms with Crippen molar-refractivity contribution in [2.45, 2.75) is 6.54 Å². The van der Waals surface area contributed by atoms with E-state index in [0.717, 1.165) is 10.0 Å². The van der Waals surface area contributed by atoms with Crippen LogP contribution in [0.2, 0.25) is 0 Å². The Balaban J connectivity index is 2.07. The fourth-order valence-corrected chi connectivity index (χ4v) is 2.52. The van der Waals surface area contributed by atoms with E-state index in [-0.39, 0.29) is 5.56 Å². The van der Waals surface area contributed by atoms with E-state index in [9.17, 15) is 9.18 Å². The highest BCUT2D eigenvalue weighted by Gasteiger charge is 2.05. The molecule has 0 amide bonds. The highest BCUT2D eigenvalue weighted by Crippen LogP contribution is 2.13. The molecule has 0 saturated carbocycles. The zero-order valence-electron chi connectivity index (χ0n) is 10.4. The quantitative estimate of drug-likeness (QED) is 0.721. The van der Waals surface area contributed by atoms with E-state index in [1.165, 1.54) is 29.1 Å². The van der Waals surface area contributed by atoms with E-state index < -0.39 is 5.82 Å². The fourth-order valence-electron chi connectivity index (χ4n) is 2.08. The van der Waals surface area contributed by atoms with Gasteiger partial charge in [0.15, 0.2) is 0 Å². The molecule has 3 nitrogen and oxygen atoms in total. The summed E-state index contributed by atoms with van der Waals surface area (Å²) in [6, 6.07) is 11.7. The van der Waals surface area contributed by atoms with Crippen LogP contribution in [0.25, 0.3) is 10.9 Å². The van der Waals surface area contributed by atoms with Crippen LogP contribution in [-0.4, -0.2) is 9.55 Å². The Bertz CT molecular complexity index is 845. The molecule has 0 aliphatic carbocycles. The SMILES string of the molecule is O=c1c2ccc(F)cc2ncn1Cc1cccc(Br)c1. The third kappa shape index (κ3) is 2.49. The normalized spacial score (nSPS) is 10.9. The van der Waals surface area contributed by atoms with Crippen molar-refractivity contribution >= 4 is 26.8 Å². The molecular weight excluding hydrogens is 323 g/mol. The molecule has 3 aromatic rings. The van der Waals surface area contributed by atoms with Crippen LogP contribution in [0, 0.1) is 5.82 Å². The number of rotatable bonds is 2. The van der Waals surface area contributed by atoms with Gasteiger partial charge in [-0.3, -0.25) is 9.36 Å². The molecule has 0 fully saturated rings. The van der Waals surface area contributed by atoms with Crippen LogP contribution >= 0.6 is 15.9 Å². The van der Waals surface area contributed by atoms with Crippen molar-refractivity contribution in [1.82, 2.24) is 9.55 Å². The van der Waals surface area contributed by atoms with Crippen molar-refractivity contribution in [1.29, 1.82) is 0 Å². The lowest BCUT2D eigenvalue weighted by Gasteiger charge is -2.07. The lowest BCUT2D eigenvalue weighted by atomic mass is 10.2. The maximum Gasteiger partial charge on any atom is 0.261 e. The van der Waals surface area contributed by atoms with E-state index >= 15 is 0 Å². The minimum absolute atomic E-state index is 0.171. The molecule has 0 aliphatic rings. The molecule has 1 aromatic heterocycles. The molecule has 2 aromatic carbocycles. The lowest BCUT2D eigenvalue weighted by Crippen LogP contribution is -2.21. The smallest absolute Gasteiger partial charge is 0.261 e. The first-order valence-corrected chi connectivity index (χ1v) is 6.82. The van der Waals surface area contributed by atoms with Crippen LogP contribution < -0.4 is 5.56 Å². The molecule has 0 radical (unpaired) electrons. The summed E-state index contributed by atoms with van der Waals surface area (Å²) in [5, 5.41) is 0.420. The van der Waals surface area contributed by atoms with Crippen molar-refractivity contribution in [3.8, 4) is 0 Å². The second kappa shape index (κ2) is 5.17. The minimum atomic E-state index is -0.394. The summed E-state index contributed by atoms with van der Waals surface area (Å²) in [7, 11) is 0. The average molecular weight is 333 g/mol. The highest BCUT2D eigenvalue weighted by atomic mass is 79.9. The number of halogens is 2. The predicted octanol–water partition coefficient (Wildman–Crippen LogP) is 3.35. The molecule has 100 valence electrons. The van der Waals surface area contributed by atoms with E-state index in [4.69, 9.17) is 0 Å². The third-order valence-corrected chi connectivity index (χ3v) is 3.52. The maximum absolute atomic E-state index is 13.1. The Morgan fingerprint density at radius 1 is 1.20 bits per heavy atom. The number of benzene rings is 2. The summed E-state index contributed by atoms with van der Waals surface area (Å²) in [6.45, 7) is 0.429. The molecule has 0 atom stereocenters. The third-order valence-electron chi connectivity index (χ3n) is 3.03. The van der Waals surface area contributed by atoms with Gasteiger partial charge < -0.3 is 0 Å². The molecule has 5 heteroatoms. The molecule has 0 unspecified atom stereocenters. The van der Waals surface area contributed by atoms with Crippen molar-refractivity contribution < 1.29 is 4.39 Å². The van der Waals surface area contributed by atoms with Gasteiger partial charge in [-0.15, -0.1) is 0 Å². The number of fused-ring (bicyclic) bond motifs is 1. The van der Waals surface area contributed by atoms with Gasteiger partial charge in [-0.2, -0.15) is 0 Å².